The van der Waals surface area contributed by atoms with E-state index in [9.17, 15) is 4.79 Å². The Morgan fingerprint density at radius 3 is 2.73 bits per heavy atom. The van der Waals surface area contributed by atoms with Gasteiger partial charge in [0, 0.05) is 20.8 Å². The molecule has 1 heterocycles. The number of carbonyl (C=O) groups is 1. The molecule has 11 heavy (non-hydrogen) atoms. The van der Waals surface area contributed by atoms with Gasteiger partial charge in [-0.3, -0.25) is 4.79 Å². The molecule has 1 atom stereocenters. The molecule has 0 aromatic carbocycles. The SMILES string of the molecule is CC(O)C(=O)c1cscc1Br. The van der Waals surface area contributed by atoms with Gasteiger partial charge in [-0.05, 0) is 22.9 Å². The van der Waals surface area contributed by atoms with Crippen LogP contribution in [0.3, 0.4) is 0 Å². The van der Waals surface area contributed by atoms with Crippen LogP contribution >= 0.6 is 27.3 Å². The summed E-state index contributed by atoms with van der Waals surface area (Å²) in [5.41, 5.74) is 0.560. The molecule has 0 radical (unpaired) electrons. The molecule has 1 unspecified atom stereocenters. The number of aliphatic hydroxyl groups is 1. The quantitative estimate of drug-likeness (QED) is 0.797. The molecule has 1 aromatic heterocycles. The Morgan fingerprint density at radius 1 is 1.73 bits per heavy atom. The van der Waals surface area contributed by atoms with Crippen LogP contribution in [-0.4, -0.2) is 17.0 Å². The molecule has 0 aliphatic carbocycles. The van der Waals surface area contributed by atoms with Crippen LogP contribution in [0.2, 0.25) is 0 Å². The van der Waals surface area contributed by atoms with E-state index in [2.05, 4.69) is 15.9 Å². The Labute approximate surface area is 77.0 Å². The van der Waals surface area contributed by atoms with Crippen LogP contribution in [0.4, 0.5) is 0 Å². The number of aliphatic hydroxyl groups excluding tert-OH is 1. The average molecular weight is 235 g/mol. The highest BCUT2D eigenvalue weighted by Crippen LogP contribution is 2.22. The number of rotatable bonds is 2. The van der Waals surface area contributed by atoms with Crippen LogP contribution in [0, 0.1) is 0 Å². The van der Waals surface area contributed by atoms with Crippen molar-refractivity contribution in [2.45, 2.75) is 13.0 Å². The Hall–Kier alpha value is -0.190. The summed E-state index contributed by atoms with van der Waals surface area (Å²) in [4.78, 5) is 11.2. The fourth-order valence-electron chi connectivity index (χ4n) is 0.682. The topological polar surface area (TPSA) is 37.3 Å². The lowest BCUT2D eigenvalue weighted by Gasteiger charge is -2.00. The van der Waals surface area contributed by atoms with Gasteiger partial charge in [-0.2, -0.15) is 11.3 Å². The maximum atomic E-state index is 11.2. The zero-order valence-electron chi connectivity index (χ0n) is 5.87. The number of hydrogen-bond donors (Lipinski definition) is 1. The highest BCUT2D eigenvalue weighted by atomic mass is 79.9. The molecule has 4 heteroatoms. The molecule has 0 amide bonds. The lowest BCUT2D eigenvalue weighted by Crippen LogP contribution is -2.15. The number of carbonyl (C=O) groups excluding carboxylic acids is 1. The predicted molar refractivity (Wildman–Crippen MR) is 48.0 cm³/mol. The number of ketones is 1. The van der Waals surface area contributed by atoms with Crippen molar-refractivity contribution in [1.82, 2.24) is 0 Å². The van der Waals surface area contributed by atoms with E-state index in [-0.39, 0.29) is 5.78 Å². The van der Waals surface area contributed by atoms with E-state index in [0.29, 0.717) is 5.56 Å². The fraction of sp³-hybridized carbons (Fsp3) is 0.286. The second-order valence-electron chi connectivity index (χ2n) is 2.17. The number of thiophene rings is 1. The van der Waals surface area contributed by atoms with Crippen LogP contribution in [0.1, 0.15) is 17.3 Å². The Kier molecular flexibility index (Phi) is 2.81. The summed E-state index contributed by atoms with van der Waals surface area (Å²) in [5, 5.41) is 12.5. The molecular formula is C7H7BrO2S. The van der Waals surface area contributed by atoms with Gasteiger partial charge >= 0.3 is 0 Å². The average Bonchev–Trinajstić information content (AvgIpc) is 2.33. The van der Waals surface area contributed by atoms with Crippen molar-refractivity contribution in [3.05, 3.63) is 20.8 Å². The minimum Gasteiger partial charge on any atom is -0.385 e. The molecule has 0 bridgehead atoms. The van der Waals surface area contributed by atoms with Gasteiger partial charge in [0.2, 0.25) is 0 Å². The summed E-state index contributed by atoms with van der Waals surface area (Å²) in [6, 6.07) is 0. The van der Waals surface area contributed by atoms with E-state index in [0.717, 1.165) is 4.47 Å². The Bertz CT molecular complexity index is 267. The molecule has 1 rings (SSSR count). The van der Waals surface area contributed by atoms with Gasteiger partial charge in [0.15, 0.2) is 5.78 Å². The van der Waals surface area contributed by atoms with Crippen LogP contribution in [0.15, 0.2) is 15.2 Å². The third-order valence-corrected chi connectivity index (χ3v) is 2.96. The summed E-state index contributed by atoms with van der Waals surface area (Å²) in [7, 11) is 0. The molecule has 0 saturated carbocycles. The molecule has 0 fully saturated rings. The minimum absolute atomic E-state index is 0.238. The summed E-state index contributed by atoms with van der Waals surface area (Å²) < 4.78 is 0.758. The summed E-state index contributed by atoms with van der Waals surface area (Å²) in [6.45, 7) is 1.46. The number of halogens is 1. The first kappa shape index (κ1) is 8.90. The van der Waals surface area contributed by atoms with E-state index < -0.39 is 6.10 Å². The Morgan fingerprint density at radius 2 is 2.36 bits per heavy atom. The first-order valence-corrected chi connectivity index (χ1v) is 4.80. The van der Waals surface area contributed by atoms with Gasteiger partial charge in [-0.1, -0.05) is 0 Å². The first-order chi connectivity index (χ1) is 5.13. The first-order valence-electron chi connectivity index (χ1n) is 3.07. The third-order valence-electron chi connectivity index (χ3n) is 1.26. The molecule has 0 aliphatic rings. The van der Waals surface area contributed by atoms with Gasteiger partial charge in [-0.15, -0.1) is 0 Å². The van der Waals surface area contributed by atoms with Gasteiger partial charge < -0.3 is 5.11 Å². The molecule has 60 valence electrons. The van der Waals surface area contributed by atoms with E-state index in [1.54, 1.807) is 5.38 Å². The lowest BCUT2D eigenvalue weighted by atomic mass is 10.1. The van der Waals surface area contributed by atoms with Crippen molar-refractivity contribution in [1.29, 1.82) is 0 Å². The Balaban J connectivity index is 2.93. The molecule has 1 aromatic rings. The van der Waals surface area contributed by atoms with Crippen molar-refractivity contribution >= 4 is 33.0 Å². The van der Waals surface area contributed by atoms with Crippen molar-refractivity contribution in [3.8, 4) is 0 Å². The van der Waals surface area contributed by atoms with Crippen molar-refractivity contribution in [2.75, 3.05) is 0 Å². The lowest BCUT2D eigenvalue weighted by molar-refractivity contribution is 0.0779. The van der Waals surface area contributed by atoms with Crippen LogP contribution in [0.25, 0.3) is 0 Å². The largest absolute Gasteiger partial charge is 0.385 e. The van der Waals surface area contributed by atoms with E-state index >= 15 is 0 Å². The normalized spacial score (nSPS) is 13.0. The second kappa shape index (κ2) is 3.47. The van der Waals surface area contributed by atoms with Crippen LogP contribution < -0.4 is 0 Å². The highest BCUT2D eigenvalue weighted by Gasteiger charge is 2.15. The van der Waals surface area contributed by atoms with Crippen molar-refractivity contribution in [3.63, 3.8) is 0 Å². The van der Waals surface area contributed by atoms with Gasteiger partial charge in [0.05, 0.1) is 0 Å². The highest BCUT2D eigenvalue weighted by molar-refractivity contribution is 9.10. The summed E-state index contributed by atoms with van der Waals surface area (Å²) >= 11 is 4.65. The molecule has 0 saturated heterocycles. The van der Waals surface area contributed by atoms with Crippen LogP contribution in [-0.2, 0) is 0 Å². The molecule has 1 N–H and O–H groups in total. The number of hydrogen-bond acceptors (Lipinski definition) is 3. The number of Topliss-reactive ketones (excluding diaryl/α,β-unsaturated/α-hetero) is 1. The van der Waals surface area contributed by atoms with Crippen LogP contribution in [0.5, 0.6) is 0 Å². The third kappa shape index (κ3) is 1.89. The molecule has 0 aliphatic heterocycles. The molecular weight excluding hydrogens is 228 g/mol. The fourth-order valence-corrected chi connectivity index (χ4v) is 2.16. The van der Waals surface area contributed by atoms with Gasteiger partial charge in [0.25, 0.3) is 0 Å². The van der Waals surface area contributed by atoms with Gasteiger partial charge in [-0.25, -0.2) is 0 Å². The summed E-state index contributed by atoms with van der Waals surface area (Å²) in [6.07, 6.45) is -0.916. The van der Waals surface area contributed by atoms with E-state index in [1.807, 2.05) is 5.38 Å². The van der Waals surface area contributed by atoms with Crippen molar-refractivity contribution < 1.29 is 9.90 Å². The van der Waals surface area contributed by atoms with Crippen molar-refractivity contribution in [2.24, 2.45) is 0 Å². The maximum absolute atomic E-state index is 11.2. The van der Waals surface area contributed by atoms with Gasteiger partial charge in [0.1, 0.15) is 6.10 Å². The molecule has 0 spiro atoms. The molecule has 2 nitrogen and oxygen atoms in total. The zero-order valence-corrected chi connectivity index (χ0v) is 8.28. The smallest absolute Gasteiger partial charge is 0.192 e. The second-order valence-corrected chi connectivity index (χ2v) is 3.77. The zero-order chi connectivity index (χ0) is 8.43. The van der Waals surface area contributed by atoms with E-state index in [4.69, 9.17) is 5.11 Å². The monoisotopic (exact) mass is 234 g/mol. The predicted octanol–water partition coefficient (Wildman–Crippen LogP) is 2.07. The minimum atomic E-state index is -0.916. The maximum Gasteiger partial charge on any atom is 0.192 e. The van der Waals surface area contributed by atoms with E-state index in [1.165, 1.54) is 18.3 Å². The standard InChI is InChI=1S/C7H7BrO2S/c1-4(9)7(10)5-2-11-3-6(5)8/h2-4,9H,1H3. The summed E-state index contributed by atoms with van der Waals surface area (Å²) in [5.74, 6) is -0.238.